The number of nitrogens with zero attached hydrogens (tertiary/aromatic N) is 5. The first-order valence-corrected chi connectivity index (χ1v) is 4.24. The van der Waals surface area contributed by atoms with E-state index in [1.54, 1.807) is 17.8 Å². The van der Waals surface area contributed by atoms with E-state index in [1.807, 2.05) is 6.92 Å². The van der Waals surface area contributed by atoms with Crippen molar-refractivity contribution >= 4 is 5.97 Å². The lowest BCUT2D eigenvalue weighted by atomic mass is 10.4. The maximum Gasteiger partial charge on any atom is 0.358 e. The Balaban J connectivity index is 2.41. The molecule has 0 aliphatic rings. The summed E-state index contributed by atoms with van der Waals surface area (Å²) in [7, 11) is 1.80. The number of hydrogen-bond acceptors (Lipinski definition) is 4. The minimum absolute atomic E-state index is 0.0988. The monoisotopic (exact) mass is 207 g/mol. The molecule has 2 heterocycles. The Morgan fingerprint density at radius 3 is 2.73 bits per heavy atom. The van der Waals surface area contributed by atoms with Gasteiger partial charge in [-0.05, 0) is 6.92 Å². The quantitative estimate of drug-likeness (QED) is 0.749. The smallest absolute Gasteiger partial charge is 0.358 e. The molecule has 0 radical (unpaired) electrons. The molecule has 0 bridgehead atoms. The van der Waals surface area contributed by atoms with Crippen molar-refractivity contribution in [3.05, 3.63) is 23.7 Å². The molecule has 0 fully saturated rings. The normalized spacial score (nSPS) is 10.5. The molecule has 2 aromatic heterocycles. The first-order chi connectivity index (χ1) is 7.08. The fourth-order valence-corrected chi connectivity index (χ4v) is 1.13. The van der Waals surface area contributed by atoms with E-state index in [0.29, 0.717) is 5.82 Å². The Labute approximate surface area is 84.9 Å². The fraction of sp³-hybridized carbons (Fsp3) is 0.250. The fourth-order valence-electron chi connectivity index (χ4n) is 1.13. The predicted molar refractivity (Wildman–Crippen MR) is 49.8 cm³/mol. The summed E-state index contributed by atoms with van der Waals surface area (Å²) in [6.45, 7) is 1.89. The van der Waals surface area contributed by atoms with Gasteiger partial charge in [0.2, 0.25) is 0 Å². The molecule has 0 saturated carbocycles. The van der Waals surface area contributed by atoms with Crippen LogP contribution in [0.25, 0.3) is 5.82 Å². The van der Waals surface area contributed by atoms with Crippen LogP contribution in [0.4, 0.5) is 0 Å². The van der Waals surface area contributed by atoms with Gasteiger partial charge in [-0.3, -0.25) is 4.68 Å². The lowest BCUT2D eigenvalue weighted by molar-refractivity contribution is 0.0690. The molecule has 78 valence electrons. The van der Waals surface area contributed by atoms with Crippen LogP contribution in [0.2, 0.25) is 0 Å². The van der Waals surface area contributed by atoms with Crippen molar-refractivity contribution in [2.75, 3.05) is 0 Å². The summed E-state index contributed by atoms with van der Waals surface area (Å²) in [5, 5.41) is 20.0. The molecule has 7 nitrogen and oxygen atoms in total. The molecule has 15 heavy (non-hydrogen) atoms. The van der Waals surface area contributed by atoms with Crippen LogP contribution in [-0.2, 0) is 7.05 Å². The standard InChI is InChI=1S/C8H9N5O2/c1-5-3-7(10-12(5)2)13-4-6(8(14)15)9-11-13/h3-4H,1-2H3,(H,14,15). The van der Waals surface area contributed by atoms with E-state index in [2.05, 4.69) is 15.4 Å². The number of carboxylic acids is 1. The molecular formula is C8H9N5O2. The molecule has 0 atom stereocenters. The highest BCUT2D eigenvalue weighted by molar-refractivity contribution is 5.84. The van der Waals surface area contributed by atoms with Crippen molar-refractivity contribution in [1.82, 2.24) is 24.8 Å². The van der Waals surface area contributed by atoms with E-state index in [9.17, 15) is 4.79 Å². The number of rotatable bonds is 2. The van der Waals surface area contributed by atoms with Gasteiger partial charge in [0.15, 0.2) is 11.5 Å². The summed E-state index contributed by atoms with van der Waals surface area (Å²) in [5.41, 5.74) is 0.857. The topological polar surface area (TPSA) is 85.8 Å². The number of carboxylic acid groups (broad SMARTS) is 1. The van der Waals surface area contributed by atoms with Gasteiger partial charge in [0.1, 0.15) is 0 Å². The van der Waals surface area contributed by atoms with Crippen molar-refractivity contribution in [3.63, 3.8) is 0 Å². The largest absolute Gasteiger partial charge is 0.476 e. The number of hydrogen-bond donors (Lipinski definition) is 1. The van der Waals surface area contributed by atoms with E-state index in [0.717, 1.165) is 5.69 Å². The van der Waals surface area contributed by atoms with Gasteiger partial charge in [0, 0.05) is 18.8 Å². The summed E-state index contributed by atoms with van der Waals surface area (Å²) in [6.07, 6.45) is 1.32. The second-order valence-electron chi connectivity index (χ2n) is 3.12. The zero-order chi connectivity index (χ0) is 11.0. The van der Waals surface area contributed by atoms with Gasteiger partial charge in [0.05, 0.1) is 6.20 Å². The third kappa shape index (κ3) is 1.58. The minimum atomic E-state index is -1.10. The number of carbonyl (C=O) groups is 1. The first-order valence-electron chi connectivity index (χ1n) is 4.24. The summed E-state index contributed by atoms with van der Waals surface area (Å²) in [5.74, 6) is -0.552. The van der Waals surface area contributed by atoms with Gasteiger partial charge in [-0.25, -0.2) is 4.79 Å². The molecule has 2 aromatic rings. The summed E-state index contributed by atoms with van der Waals surface area (Å²) >= 11 is 0. The van der Waals surface area contributed by atoms with E-state index in [4.69, 9.17) is 5.11 Å². The molecule has 0 aliphatic carbocycles. The number of aromatic carboxylic acids is 1. The second-order valence-corrected chi connectivity index (χ2v) is 3.12. The third-order valence-electron chi connectivity index (χ3n) is 2.05. The average molecular weight is 207 g/mol. The van der Waals surface area contributed by atoms with E-state index < -0.39 is 5.97 Å². The van der Waals surface area contributed by atoms with Crippen molar-refractivity contribution in [3.8, 4) is 5.82 Å². The molecule has 0 aliphatic heterocycles. The summed E-state index contributed by atoms with van der Waals surface area (Å²) < 4.78 is 3.01. The second kappa shape index (κ2) is 3.19. The average Bonchev–Trinajstić information content (AvgIpc) is 2.74. The SMILES string of the molecule is Cc1cc(-n2cc(C(=O)O)nn2)nn1C. The number of aromatic nitrogens is 5. The Morgan fingerprint density at radius 2 is 2.27 bits per heavy atom. The van der Waals surface area contributed by atoms with Gasteiger partial charge >= 0.3 is 5.97 Å². The summed E-state index contributed by atoms with van der Waals surface area (Å²) in [6, 6.07) is 1.79. The maximum absolute atomic E-state index is 10.6. The Morgan fingerprint density at radius 1 is 1.53 bits per heavy atom. The highest BCUT2D eigenvalue weighted by Crippen LogP contribution is 2.06. The lowest BCUT2D eigenvalue weighted by Gasteiger charge is -1.91. The van der Waals surface area contributed by atoms with Gasteiger partial charge in [0.25, 0.3) is 0 Å². The van der Waals surface area contributed by atoms with Crippen molar-refractivity contribution in [2.24, 2.45) is 7.05 Å². The van der Waals surface area contributed by atoms with Crippen molar-refractivity contribution in [1.29, 1.82) is 0 Å². The van der Waals surface area contributed by atoms with E-state index >= 15 is 0 Å². The van der Waals surface area contributed by atoms with E-state index in [1.165, 1.54) is 10.9 Å². The highest BCUT2D eigenvalue weighted by atomic mass is 16.4. The van der Waals surface area contributed by atoms with Crippen LogP contribution in [0.1, 0.15) is 16.2 Å². The molecular weight excluding hydrogens is 198 g/mol. The summed E-state index contributed by atoms with van der Waals surface area (Å²) in [4.78, 5) is 10.6. The van der Waals surface area contributed by atoms with Crippen LogP contribution in [-0.4, -0.2) is 35.9 Å². The highest BCUT2D eigenvalue weighted by Gasteiger charge is 2.11. The molecule has 1 N–H and O–H groups in total. The molecule has 2 rings (SSSR count). The molecule has 0 saturated heterocycles. The molecule has 0 unspecified atom stereocenters. The number of aryl methyl sites for hydroxylation is 2. The minimum Gasteiger partial charge on any atom is -0.476 e. The van der Waals surface area contributed by atoms with Crippen LogP contribution >= 0.6 is 0 Å². The van der Waals surface area contributed by atoms with Crippen LogP contribution in [0.5, 0.6) is 0 Å². The molecule has 0 amide bonds. The Bertz CT molecular complexity index is 493. The maximum atomic E-state index is 10.6. The van der Waals surface area contributed by atoms with Gasteiger partial charge in [-0.2, -0.15) is 9.78 Å². The zero-order valence-corrected chi connectivity index (χ0v) is 8.25. The molecule has 7 heteroatoms. The van der Waals surface area contributed by atoms with Crippen LogP contribution in [0.3, 0.4) is 0 Å². The van der Waals surface area contributed by atoms with Gasteiger partial charge in [-0.1, -0.05) is 5.21 Å². The van der Waals surface area contributed by atoms with E-state index in [-0.39, 0.29) is 5.69 Å². The zero-order valence-electron chi connectivity index (χ0n) is 8.25. The Kier molecular flexibility index (Phi) is 2.00. The van der Waals surface area contributed by atoms with Crippen LogP contribution in [0.15, 0.2) is 12.3 Å². The molecule has 0 aromatic carbocycles. The molecule has 0 spiro atoms. The van der Waals surface area contributed by atoms with Gasteiger partial charge in [-0.15, -0.1) is 5.10 Å². The van der Waals surface area contributed by atoms with Gasteiger partial charge < -0.3 is 5.11 Å². The lowest BCUT2D eigenvalue weighted by Crippen LogP contribution is -1.98. The first kappa shape index (κ1) is 9.38. The van der Waals surface area contributed by atoms with Crippen molar-refractivity contribution in [2.45, 2.75) is 6.92 Å². The predicted octanol–water partition coefficient (Wildman–Crippen LogP) is 0.00742. The van der Waals surface area contributed by atoms with Crippen LogP contribution in [0, 0.1) is 6.92 Å². The van der Waals surface area contributed by atoms with Crippen LogP contribution < -0.4 is 0 Å². The van der Waals surface area contributed by atoms with Crippen molar-refractivity contribution < 1.29 is 9.90 Å². The third-order valence-corrected chi connectivity index (χ3v) is 2.05. The Hall–Kier alpha value is -2.18.